The van der Waals surface area contributed by atoms with Gasteiger partial charge in [-0.05, 0) is 38.7 Å². The Morgan fingerprint density at radius 3 is 2.62 bits per heavy atom. The first-order valence-corrected chi connectivity index (χ1v) is 9.56. The van der Waals surface area contributed by atoms with E-state index in [4.69, 9.17) is 0 Å². The standard InChI is InChI=1S/C18H25N7O/c1-11-21-22-16(24(11)12-3-4-12)10-19-14-9-17(26)25(13-5-6-13)18(14)15-7-8-20-23(15)2/h7-8,12-14,18-19H,3-6,9-10H2,1-2H3/t14-,18-/m1/s1. The molecular weight excluding hydrogens is 330 g/mol. The maximum atomic E-state index is 12.7. The van der Waals surface area contributed by atoms with Crippen molar-refractivity contribution in [1.82, 2.24) is 34.8 Å². The molecule has 8 heteroatoms. The zero-order valence-corrected chi connectivity index (χ0v) is 15.3. The van der Waals surface area contributed by atoms with Gasteiger partial charge in [-0.2, -0.15) is 5.10 Å². The van der Waals surface area contributed by atoms with Crippen molar-refractivity contribution < 1.29 is 4.79 Å². The van der Waals surface area contributed by atoms with Gasteiger partial charge in [-0.3, -0.25) is 9.48 Å². The van der Waals surface area contributed by atoms with E-state index in [1.54, 1.807) is 0 Å². The van der Waals surface area contributed by atoms with E-state index in [2.05, 4.69) is 30.1 Å². The highest BCUT2D eigenvalue weighted by Gasteiger charge is 2.48. The minimum atomic E-state index is 0.0425. The van der Waals surface area contributed by atoms with Crippen LogP contribution in [0.2, 0.25) is 0 Å². The SMILES string of the molecule is Cc1nnc(CN[C@@H]2CC(=O)N(C3CC3)[C@H]2c2ccnn2C)n1C1CC1. The van der Waals surface area contributed by atoms with Gasteiger partial charge in [0.1, 0.15) is 11.6 Å². The Morgan fingerprint density at radius 1 is 1.19 bits per heavy atom. The average Bonchev–Trinajstić information content (AvgIpc) is 3.53. The van der Waals surface area contributed by atoms with Crippen LogP contribution in [0.4, 0.5) is 0 Å². The van der Waals surface area contributed by atoms with Gasteiger partial charge in [-0.1, -0.05) is 0 Å². The molecule has 0 radical (unpaired) electrons. The molecular formula is C18H25N7O. The molecule has 1 aliphatic heterocycles. The van der Waals surface area contributed by atoms with Gasteiger partial charge in [0.05, 0.1) is 18.3 Å². The quantitative estimate of drug-likeness (QED) is 0.843. The molecule has 3 heterocycles. The molecule has 3 fully saturated rings. The van der Waals surface area contributed by atoms with Crippen LogP contribution in [0.3, 0.4) is 0 Å². The number of aryl methyl sites for hydroxylation is 2. The monoisotopic (exact) mass is 355 g/mol. The fourth-order valence-corrected chi connectivity index (χ4v) is 4.31. The lowest BCUT2D eigenvalue weighted by Gasteiger charge is -2.29. The predicted octanol–water partition coefficient (Wildman–Crippen LogP) is 1.25. The molecule has 5 rings (SSSR count). The highest BCUT2D eigenvalue weighted by Crippen LogP contribution is 2.42. The molecule has 2 atom stereocenters. The molecule has 2 saturated carbocycles. The molecule has 3 aliphatic rings. The molecule has 1 amide bonds. The van der Waals surface area contributed by atoms with Crippen molar-refractivity contribution in [3.05, 3.63) is 29.6 Å². The molecule has 1 N–H and O–H groups in total. The van der Waals surface area contributed by atoms with E-state index in [9.17, 15) is 4.79 Å². The van der Waals surface area contributed by atoms with Gasteiger partial charge < -0.3 is 14.8 Å². The van der Waals surface area contributed by atoms with Crippen molar-refractivity contribution in [3.63, 3.8) is 0 Å². The van der Waals surface area contributed by atoms with Gasteiger partial charge in [-0.15, -0.1) is 10.2 Å². The second-order valence-electron chi connectivity index (χ2n) is 7.81. The minimum Gasteiger partial charge on any atom is -0.329 e. The predicted molar refractivity (Wildman–Crippen MR) is 94.1 cm³/mol. The van der Waals surface area contributed by atoms with Crippen molar-refractivity contribution >= 4 is 5.91 Å². The normalized spacial score (nSPS) is 26.1. The van der Waals surface area contributed by atoms with E-state index in [-0.39, 0.29) is 18.0 Å². The Balaban J connectivity index is 1.39. The van der Waals surface area contributed by atoms with Crippen LogP contribution in [0.5, 0.6) is 0 Å². The lowest BCUT2D eigenvalue weighted by Crippen LogP contribution is -2.38. The maximum Gasteiger partial charge on any atom is 0.225 e. The molecule has 138 valence electrons. The van der Waals surface area contributed by atoms with Crippen LogP contribution in [-0.2, 0) is 18.4 Å². The summed E-state index contributed by atoms with van der Waals surface area (Å²) in [7, 11) is 1.95. The number of rotatable bonds is 6. The van der Waals surface area contributed by atoms with E-state index in [1.807, 2.05) is 30.9 Å². The summed E-state index contributed by atoms with van der Waals surface area (Å²) >= 11 is 0. The van der Waals surface area contributed by atoms with Crippen LogP contribution in [0.15, 0.2) is 12.3 Å². The van der Waals surface area contributed by atoms with Gasteiger partial charge in [0, 0.05) is 37.8 Å². The van der Waals surface area contributed by atoms with Crippen LogP contribution < -0.4 is 5.32 Å². The number of carbonyl (C=O) groups is 1. The summed E-state index contributed by atoms with van der Waals surface area (Å²) in [6.07, 6.45) is 6.99. The largest absolute Gasteiger partial charge is 0.329 e. The molecule has 8 nitrogen and oxygen atoms in total. The molecule has 1 saturated heterocycles. The summed E-state index contributed by atoms with van der Waals surface area (Å²) in [6, 6.07) is 3.10. The summed E-state index contributed by atoms with van der Waals surface area (Å²) < 4.78 is 4.14. The summed E-state index contributed by atoms with van der Waals surface area (Å²) in [6.45, 7) is 2.66. The number of carbonyl (C=O) groups excluding carboxylic acids is 1. The van der Waals surface area contributed by atoms with E-state index in [1.165, 1.54) is 12.8 Å². The first-order valence-electron chi connectivity index (χ1n) is 9.56. The number of amides is 1. The third-order valence-electron chi connectivity index (χ3n) is 5.84. The maximum absolute atomic E-state index is 12.7. The fraction of sp³-hybridized carbons (Fsp3) is 0.667. The topological polar surface area (TPSA) is 80.9 Å². The van der Waals surface area contributed by atoms with Crippen LogP contribution in [0, 0.1) is 6.92 Å². The van der Waals surface area contributed by atoms with Gasteiger partial charge in [0.25, 0.3) is 0 Å². The average molecular weight is 355 g/mol. The van der Waals surface area contributed by atoms with Crippen molar-refractivity contribution in [1.29, 1.82) is 0 Å². The Morgan fingerprint density at radius 2 is 1.96 bits per heavy atom. The number of nitrogens with zero attached hydrogens (tertiary/aromatic N) is 6. The number of hydrogen-bond acceptors (Lipinski definition) is 5. The van der Waals surface area contributed by atoms with E-state index in [0.717, 1.165) is 30.2 Å². The van der Waals surface area contributed by atoms with Crippen LogP contribution in [0.1, 0.15) is 61.5 Å². The highest BCUT2D eigenvalue weighted by atomic mass is 16.2. The van der Waals surface area contributed by atoms with Crippen molar-refractivity contribution in [3.8, 4) is 0 Å². The Hall–Kier alpha value is -2.22. The van der Waals surface area contributed by atoms with E-state index in [0.29, 0.717) is 25.0 Å². The van der Waals surface area contributed by atoms with Crippen molar-refractivity contribution in [2.75, 3.05) is 0 Å². The molecule has 0 spiro atoms. The second-order valence-corrected chi connectivity index (χ2v) is 7.81. The van der Waals surface area contributed by atoms with Gasteiger partial charge in [0.2, 0.25) is 5.91 Å². The summed E-state index contributed by atoms with van der Waals surface area (Å²) in [5.41, 5.74) is 1.10. The molecule has 2 aromatic heterocycles. The molecule has 0 bridgehead atoms. The fourth-order valence-electron chi connectivity index (χ4n) is 4.31. The molecule has 0 aromatic carbocycles. The zero-order chi connectivity index (χ0) is 17.8. The number of likely N-dealkylation sites (tertiary alicyclic amines) is 1. The Kier molecular flexibility index (Phi) is 3.63. The smallest absolute Gasteiger partial charge is 0.225 e. The third-order valence-corrected chi connectivity index (χ3v) is 5.84. The van der Waals surface area contributed by atoms with Crippen LogP contribution in [0.25, 0.3) is 0 Å². The lowest BCUT2D eigenvalue weighted by atomic mass is 10.1. The lowest BCUT2D eigenvalue weighted by molar-refractivity contribution is -0.129. The molecule has 26 heavy (non-hydrogen) atoms. The molecule has 0 unspecified atom stereocenters. The summed E-state index contributed by atoms with van der Waals surface area (Å²) in [4.78, 5) is 14.8. The molecule has 2 aromatic rings. The first-order chi connectivity index (χ1) is 12.6. The Bertz CT molecular complexity index is 832. The van der Waals surface area contributed by atoms with Crippen LogP contribution >= 0.6 is 0 Å². The summed E-state index contributed by atoms with van der Waals surface area (Å²) in [5.74, 6) is 2.21. The van der Waals surface area contributed by atoms with Crippen molar-refractivity contribution in [2.24, 2.45) is 7.05 Å². The van der Waals surface area contributed by atoms with Crippen molar-refractivity contribution in [2.45, 2.75) is 69.7 Å². The third kappa shape index (κ3) is 2.63. The van der Waals surface area contributed by atoms with Gasteiger partial charge in [-0.25, -0.2) is 0 Å². The zero-order valence-electron chi connectivity index (χ0n) is 15.3. The summed E-state index contributed by atoms with van der Waals surface area (Å²) in [5, 5.41) is 16.6. The van der Waals surface area contributed by atoms with Crippen LogP contribution in [-0.4, -0.2) is 47.4 Å². The highest BCUT2D eigenvalue weighted by molar-refractivity contribution is 5.81. The number of hydrogen-bond donors (Lipinski definition) is 1. The van der Waals surface area contributed by atoms with E-state index >= 15 is 0 Å². The van der Waals surface area contributed by atoms with E-state index < -0.39 is 0 Å². The first kappa shape index (κ1) is 16.0. The second kappa shape index (κ2) is 5.90. The Labute approximate surface area is 152 Å². The number of aromatic nitrogens is 5. The van der Waals surface area contributed by atoms with Gasteiger partial charge >= 0.3 is 0 Å². The van der Waals surface area contributed by atoms with Gasteiger partial charge in [0.15, 0.2) is 0 Å². The minimum absolute atomic E-state index is 0.0425. The molecule has 2 aliphatic carbocycles. The number of nitrogens with one attached hydrogen (secondary N) is 1.